The van der Waals surface area contributed by atoms with Crippen LogP contribution in [0.1, 0.15) is 34.7 Å². The Balaban J connectivity index is 1.42. The van der Waals surface area contributed by atoms with Crippen LogP contribution in [0.5, 0.6) is 0 Å². The molecule has 24 heavy (non-hydrogen) atoms. The smallest absolute Gasteiger partial charge is 0.287 e. The van der Waals surface area contributed by atoms with Crippen LogP contribution in [-0.4, -0.2) is 25.2 Å². The fraction of sp³-hybridized carbons (Fsp3) is 0.389. The van der Waals surface area contributed by atoms with E-state index < -0.39 is 0 Å². The lowest BCUT2D eigenvalue weighted by Crippen LogP contribution is -2.31. The molecule has 4 nitrogen and oxygen atoms in total. The van der Waals surface area contributed by atoms with Gasteiger partial charge in [-0.25, -0.2) is 0 Å². The maximum Gasteiger partial charge on any atom is 0.287 e. The Morgan fingerprint density at radius 1 is 1.21 bits per heavy atom. The molecule has 2 heterocycles. The van der Waals surface area contributed by atoms with Gasteiger partial charge in [0.1, 0.15) is 5.76 Å². The molecule has 0 saturated carbocycles. The van der Waals surface area contributed by atoms with Gasteiger partial charge < -0.3 is 14.5 Å². The van der Waals surface area contributed by atoms with Gasteiger partial charge in [0.25, 0.3) is 5.91 Å². The van der Waals surface area contributed by atoms with E-state index in [-0.39, 0.29) is 12.0 Å². The van der Waals surface area contributed by atoms with E-state index in [0.29, 0.717) is 12.3 Å². The summed E-state index contributed by atoms with van der Waals surface area (Å²) in [7, 11) is 0. The van der Waals surface area contributed by atoms with Crippen molar-refractivity contribution in [2.45, 2.75) is 30.5 Å². The molecule has 1 aliphatic heterocycles. The third-order valence-electron chi connectivity index (χ3n) is 3.83. The van der Waals surface area contributed by atoms with Crippen molar-refractivity contribution in [1.82, 2.24) is 5.32 Å². The van der Waals surface area contributed by atoms with Crippen LogP contribution in [0, 0.1) is 0 Å². The molecule has 0 unspecified atom stereocenters. The van der Waals surface area contributed by atoms with Crippen molar-refractivity contribution in [1.29, 1.82) is 0 Å². The summed E-state index contributed by atoms with van der Waals surface area (Å²) in [6, 6.07) is 11.4. The van der Waals surface area contributed by atoms with Crippen molar-refractivity contribution in [3.63, 3.8) is 0 Å². The summed E-state index contributed by atoms with van der Waals surface area (Å²) in [5, 5.41) is 3.61. The molecule has 1 saturated heterocycles. The fourth-order valence-corrected chi connectivity index (χ4v) is 3.54. The average molecular weight is 366 g/mol. The number of hydrogen-bond acceptors (Lipinski definition) is 4. The van der Waals surface area contributed by atoms with Gasteiger partial charge in [0.05, 0.1) is 11.9 Å². The molecular formula is C18H20ClNO3S. The second-order valence-electron chi connectivity index (χ2n) is 5.73. The van der Waals surface area contributed by atoms with E-state index in [0.717, 1.165) is 41.7 Å². The van der Waals surface area contributed by atoms with Crippen LogP contribution in [0.4, 0.5) is 0 Å². The summed E-state index contributed by atoms with van der Waals surface area (Å²) in [6.45, 7) is 1.33. The van der Waals surface area contributed by atoms with Crippen molar-refractivity contribution in [2.75, 3.05) is 13.2 Å². The Morgan fingerprint density at radius 2 is 2.04 bits per heavy atom. The summed E-state index contributed by atoms with van der Waals surface area (Å²) in [5.41, 5.74) is 1.21. The van der Waals surface area contributed by atoms with Crippen molar-refractivity contribution in [2.24, 2.45) is 0 Å². The van der Waals surface area contributed by atoms with Crippen LogP contribution in [-0.2, 0) is 16.2 Å². The van der Waals surface area contributed by atoms with Gasteiger partial charge in [0.15, 0.2) is 5.76 Å². The summed E-state index contributed by atoms with van der Waals surface area (Å²) >= 11 is 7.61. The number of ether oxygens (including phenoxy) is 1. The normalized spacial score (nSPS) is 17.1. The minimum Gasteiger partial charge on any atom is -0.455 e. The Hall–Kier alpha value is -1.43. The lowest BCUT2D eigenvalue weighted by Gasteiger charge is -2.09. The standard InChI is InChI=1S/C18H20ClNO3S/c19-14-5-3-13(4-6-14)11-24-12-16-7-8-17(23-16)18(21)20-10-15-2-1-9-22-15/h3-8,15H,1-2,9-12H2,(H,20,21)/t15-/m1/s1. The Bertz CT molecular complexity index is 665. The first-order chi connectivity index (χ1) is 11.7. The first kappa shape index (κ1) is 17.4. The van der Waals surface area contributed by atoms with Crippen LogP contribution >= 0.6 is 23.4 Å². The molecule has 1 aromatic carbocycles. The van der Waals surface area contributed by atoms with Gasteiger partial charge in [-0.1, -0.05) is 23.7 Å². The zero-order chi connectivity index (χ0) is 16.8. The molecule has 0 radical (unpaired) electrons. The largest absolute Gasteiger partial charge is 0.455 e. The zero-order valence-corrected chi connectivity index (χ0v) is 14.9. The van der Waals surface area contributed by atoms with Crippen LogP contribution in [0.3, 0.4) is 0 Å². The topological polar surface area (TPSA) is 51.5 Å². The number of furan rings is 1. The minimum absolute atomic E-state index is 0.137. The average Bonchev–Trinajstić information content (AvgIpc) is 3.26. The second-order valence-corrected chi connectivity index (χ2v) is 7.15. The molecule has 3 rings (SSSR count). The van der Waals surface area contributed by atoms with Gasteiger partial charge in [-0.3, -0.25) is 4.79 Å². The minimum atomic E-state index is -0.181. The van der Waals surface area contributed by atoms with E-state index in [1.54, 1.807) is 17.8 Å². The molecule has 1 N–H and O–H groups in total. The van der Waals surface area contributed by atoms with Crippen molar-refractivity contribution in [3.05, 3.63) is 58.5 Å². The van der Waals surface area contributed by atoms with Gasteiger partial charge >= 0.3 is 0 Å². The molecule has 0 aliphatic carbocycles. The third-order valence-corrected chi connectivity index (χ3v) is 5.10. The first-order valence-electron chi connectivity index (χ1n) is 8.01. The number of benzene rings is 1. The van der Waals surface area contributed by atoms with E-state index in [2.05, 4.69) is 5.32 Å². The van der Waals surface area contributed by atoms with E-state index in [4.69, 9.17) is 20.8 Å². The number of thioether (sulfide) groups is 1. The highest BCUT2D eigenvalue weighted by Crippen LogP contribution is 2.21. The van der Waals surface area contributed by atoms with Crippen molar-refractivity contribution >= 4 is 29.3 Å². The lowest BCUT2D eigenvalue weighted by molar-refractivity contribution is 0.0834. The van der Waals surface area contributed by atoms with Crippen LogP contribution in [0.2, 0.25) is 5.02 Å². The number of halogens is 1. The highest BCUT2D eigenvalue weighted by atomic mass is 35.5. The maximum atomic E-state index is 12.1. The van der Waals surface area contributed by atoms with Gasteiger partial charge in [-0.05, 0) is 42.7 Å². The van der Waals surface area contributed by atoms with E-state index in [9.17, 15) is 4.79 Å². The third kappa shape index (κ3) is 5.03. The Labute approximate surface area is 150 Å². The number of amides is 1. The molecule has 1 aliphatic rings. The SMILES string of the molecule is O=C(NC[C@H]1CCCO1)c1ccc(CSCc2ccc(Cl)cc2)o1. The zero-order valence-electron chi connectivity index (χ0n) is 13.3. The number of nitrogens with one attached hydrogen (secondary N) is 1. The summed E-state index contributed by atoms with van der Waals surface area (Å²) in [6.07, 6.45) is 2.21. The quantitative estimate of drug-likeness (QED) is 0.795. The van der Waals surface area contributed by atoms with E-state index >= 15 is 0 Å². The summed E-state index contributed by atoms with van der Waals surface area (Å²) < 4.78 is 11.1. The molecule has 1 aromatic heterocycles. The molecule has 0 bridgehead atoms. The summed E-state index contributed by atoms with van der Waals surface area (Å²) in [4.78, 5) is 12.1. The van der Waals surface area contributed by atoms with Crippen LogP contribution in [0.15, 0.2) is 40.8 Å². The Kier molecular flexibility index (Phi) is 6.24. The molecule has 1 fully saturated rings. The number of rotatable bonds is 7. The number of hydrogen-bond donors (Lipinski definition) is 1. The Morgan fingerprint density at radius 3 is 2.79 bits per heavy atom. The van der Waals surface area contributed by atoms with Crippen molar-refractivity contribution < 1.29 is 13.9 Å². The molecule has 1 amide bonds. The molecular weight excluding hydrogens is 346 g/mol. The molecule has 6 heteroatoms. The highest BCUT2D eigenvalue weighted by molar-refractivity contribution is 7.97. The predicted molar refractivity (Wildman–Crippen MR) is 96.5 cm³/mol. The number of carbonyl (C=O) groups is 1. The summed E-state index contributed by atoms with van der Waals surface area (Å²) in [5.74, 6) is 2.57. The predicted octanol–water partition coefficient (Wildman–Crippen LogP) is 4.28. The fourth-order valence-electron chi connectivity index (χ4n) is 2.53. The molecule has 0 spiro atoms. The van der Waals surface area contributed by atoms with Gasteiger partial charge in [0, 0.05) is 23.9 Å². The molecule has 2 aromatic rings. The van der Waals surface area contributed by atoms with Gasteiger partial charge in [-0.2, -0.15) is 0 Å². The van der Waals surface area contributed by atoms with Crippen LogP contribution < -0.4 is 5.32 Å². The molecule has 128 valence electrons. The van der Waals surface area contributed by atoms with Crippen LogP contribution in [0.25, 0.3) is 0 Å². The number of carbonyl (C=O) groups excluding carboxylic acids is 1. The monoisotopic (exact) mass is 365 g/mol. The van der Waals surface area contributed by atoms with E-state index in [1.807, 2.05) is 30.3 Å². The second kappa shape index (κ2) is 8.60. The maximum absolute atomic E-state index is 12.1. The first-order valence-corrected chi connectivity index (χ1v) is 9.54. The van der Waals surface area contributed by atoms with Gasteiger partial charge in [-0.15, -0.1) is 11.8 Å². The highest BCUT2D eigenvalue weighted by Gasteiger charge is 2.18. The van der Waals surface area contributed by atoms with Crippen molar-refractivity contribution in [3.8, 4) is 0 Å². The lowest BCUT2D eigenvalue weighted by atomic mass is 10.2. The molecule has 1 atom stereocenters. The van der Waals surface area contributed by atoms with Gasteiger partial charge in [0.2, 0.25) is 0 Å². The van der Waals surface area contributed by atoms with E-state index in [1.165, 1.54) is 5.56 Å².